The minimum absolute atomic E-state index is 0.452. The Kier molecular flexibility index (Phi) is 3.25. The molecule has 102 valence electrons. The maximum atomic E-state index is 9.30. The second kappa shape index (κ2) is 5.22. The van der Waals surface area contributed by atoms with Crippen LogP contribution in [0.5, 0.6) is 11.5 Å². The lowest BCUT2D eigenvalue weighted by molar-refractivity contribution is 0.483. The smallest absolute Gasteiger partial charge is 0.153 e. The van der Waals surface area contributed by atoms with Crippen molar-refractivity contribution in [2.24, 2.45) is 0 Å². The van der Waals surface area contributed by atoms with E-state index in [2.05, 4.69) is 16.0 Å². The van der Waals surface area contributed by atoms with E-state index in [0.717, 1.165) is 16.6 Å². The van der Waals surface area contributed by atoms with Gasteiger partial charge in [0.1, 0.15) is 22.9 Å². The summed E-state index contributed by atoms with van der Waals surface area (Å²) in [5.41, 5.74) is 2.71. The molecule has 0 spiro atoms. The summed E-state index contributed by atoms with van der Waals surface area (Å²) in [6.07, 6.45) is 1.73. The Bertz CT molecular complexity index is 860. The minimum atomic E-state index is 0.452. The number of aromatic nitrogens is 2. The molecular formula is C17H13N3O. The number of rotatable bonds is 2. The van der Waals surface area contributed by atoms with Gasteiger partial charge in [-0.1, -0.05) is 18.2 Å². The lowest BCUT2D eigenvalue weighted by Crippen LogP contribution is -1.97. The molecule has 0 amide bonds. The second-order valence-electron chi connectivity index (χ2n) is 4.77. The molecule has 3 aromatic rings. The third kappa shape index (κ3) is 2.41. The van der Waals surface area contributed by atoms with E-state index in [1.807, 2.05) is 37.3 Å². The van der Waals surface area contributed by atoms with Crippen LogP contribution in [0.2, 0.25) is 0 Å². The van der Waals surface area contributed by atoms with E-state index in [1.165, 1.54) is 0 Å². The topological polar surface area (TPSA) is 58.8 Å². The zero-order chi connectivity index (χ0) is 14.8. The lowest BCUT2D eigenvalue weighted by Gasteiger charge is -2.11. The Labute approximate surface area is 122 Å². The Balaban J connectivity index is 2.14. The number of hydrogen-bond acceptors (Lipinski definition) is 4. The Morgan fingerprint density at radius 3 is 2.71 bits per heavy atom. The van der Waals surface area contributed by atoms with Gasteiger partial charge in [-0.05, 0) is 26.0 Å². The van der Waals surface area contributed by atoms with Crippen molar-refractivity contribution in [1.29, 1.82) is 5.26 Å². The van der Waals surface area contributed by atoms with Gasteiger partial charge in [-0.3, -0.25) is 9.97 Å². The van der Waals surface area contributed by atoms with Gasteiger partial charge in [0.15, 0.2) is 5.75 Å². The molecule has 3 rings (SSSR count). The largest absolute Gasteiger partial charge is 0.454 e. The van der Waals surface area contributed by atoms with Gasteiger partial charge in [-0.15, -0.1) is 0 Å². The van der Waals surface area contributed by atoms with E-state index in [-0.39, 0.29) is 0 Å². The number of para-hydroxylation sites is 1. The standard InChI is InChI=1S/C17H13N3O/c1-11-9-16(14(10-18)12(2)20-11)21-15-7-3-5-13-6-4-8-19-17(13)15/h3-9H,1-2H3. The molecule has 0 saturated heterocycles. The number of ether oxygens (including phenoxy) is 1. The highest BCUT2D eigenvalue weighted by atomic mass is 16.5. The maximum Gasteiger partial charge on any atom is 0.153 e. The first-order valence-corrected chi connectivity index (χ1v) is 6.59. The number of pyridine rings is 2. The van der Waals surface area contributed by atoms with Crippen LogP contribution in [0.1, 0.15) is 17.0 Å². The molecule has 0 fully saturated rings. The van der Waals surface area contributed by atoms with Crippen molar-refractivity contribution in [2.75, 3.05) is 0 Å². The van der Waals surface area contributed by atoms with Crippen molar-refractivity contribution in [3.63, 3.8) is 0 Å². The Hall–Kier alpha value is -2.93. The molecule has 2 aromatic heterocycles. The summed E-state index contributed by atoms with van der Waals surface area (Å²) in [4.78, 5) is 8.65. The van der Waals surface area contributed by atoms with Crippen molar-refractivity contribution in [3.05, 3.63) is 59.5 Å². The molecule has 0 aliphatic heterocycles. The summed E-state index contributed by atoms with van der Waals surface area (Å²) in [5, 5.41) is 10.3. The van der Waals surface area contributed by atoms with Gasteiger partial charge in [0, 0.05) is 23.3 Å². The zero-order valence-electron chi connectivity index (χ0n) is 11.8. The monoisotopic (exact) mass is 275 g/mol. The number of nitriles is 1. The number of aryl methyl sites for hydroxylation is 2. The molecule has 0 aliphatic rings. The van der Waals surface area contributed by atoms with Crippen LogP contribution in [0.15, 0.2) is 42.6 Å². The summed E-state index contributed by atoms with van der Waals surface area (Å²) < 4.78 is 5.95. The van der Waals surface area contributed by atoms with Crippen molar-refractivity contribution in [2.45, 2.75) is 13.8 Å². The molecule has 21 heavy (non-hydrogen) atoms. The highest BCUT2D eigenvalue weighted by molar-refractivity contribution is 5.84. The van der Waals surface area contributed by atoms with E-state index < -0.39 is 0 Å². The van der Waals surface area contributed by atoms with Gasteiger partial charge >= 0.3 is 0 Å². The SMILES string of the molecule is Cc1cc(Oc2cccc3cccnc23)c(C#N)c(C)n1. The third-order valence-corrected chi connectivity index (χ3v) is 3.22. The fraction of sp³-hybridized carbons (Fsp3) is 0.118. The molecule has 0 bridgehead atoms. The van der Waals surface area contributed by atoms with Crippen molar-refractivity contribution < 1.29 is 4.74 Å². The summed E-state index contributed by atoms with van der Waals surface area (Å²) in [6, 6.07) is 13.5. The van der Waals surface area contributed by atoms with Crippen molar-refractivity contribution in [3.8, 4) is 17.6 Å². The Morgan fingerprint density at radius 1 is 1.10 bits per heavy atom. The van der Waals surface area contributed by atoms with Gasteiger partial charge in [0.2, 0.25) is 0 Å². The Morgan fingerprint density at radius 2 is 1.90 bits per heavy atom. The zero-order valence-corrected chi connectivity index (χ0v) is 11.8. The fourth-order valence-electron chi connectivity index (χ4n) is 2.29. The van der Waals surface area contributed by atoms with Crippen LogP contribution >= 0.6 is 0 Å². The van der Waals surface area contributed by atoms with Crippen LogP contribution in [-0.2, 0) is 0 Å². The first-order valence-electron chi connectivity index (χ1n) is 6.59. The molecule has 4 heteroatoms. The quantitative estimate of drug-likeness (QED) is 0.711. The molecule has 0 N–H and O–H groups in total. The molecule has 0 aliphatic carbocycles. The molecule has 0 unspecified atom stereocenters. The molecule has 2 heterocycles. The van der Waals surface area contributed by atoms with Crippen LogP contribution in [0.25, 0.3) is 10.9 Å². The summed E-state index contributed by atoms with van der Waals surface area (Å²) in [7, 11) is 0. The number of benzene rings is 1. The van der Waals surface area contributed by atoms with Gasteiger partial charge in [0.25, 0.3) is 0 Å². The van der Waals surface area contributed by atoms with Crippen molar-refractivity contribution in [1.82, 2.24) is 9.97 Å². The van der Waals surface area contributed by atoms with Crippen LogP contribution < -0.4 is 4.74 Å². The second-order valence-corrected chi connectivity index (χ2v) is 4.77. The van der Waals surface area contributed by atoms with E-state index in [0.29, 0.717) is 22.8 Å². The molecular weight excluding hydrogens is 262 g/mol. The lowest BCUT2D eigenvalue weighted by atomic mass is 10.1. The van der Waals surface area contributed by atoms with E-state index in [9.17, 15) is 5.26 Å². The van der Waals surface area contributed by atoms with Crippen molar-refractivity contribution >= 4 is 10.9 Å². The normalized spacial score (nSPS) is 10.3. The molecule has 1 aromatic carbocycles. The van der Waals surface area contributed by atoms with Gasteiger partial charge in [-0.2, -0.15) is 5.26 Å². The average molecular weight is 275 g/mol. The molecule has 4 nitrogen and oxygen atoms in total. The van der Waals surface area contributed by atoms with Gasteiger partial charge in [-0.25, -0.2) is 0 Å². The summed E-state index contributed by atoms with van der Waals surface area (Å²) in [5.74, 6) is 1.15. The van der Waals surface area contributed by atoms with Crippen LogP contribution in [-0.4, -0.2) is 9.97 Å². The maximum absolute atomic E-state index is 9.30. The van der Waals surface area contributed by atoms with E-state index in [1.54, 1.807) is 19.2 Å². The highest BCUT2D eigenvalue weighted by Crippen LogP contribution is 2.31. The minimum Gasteiger partial charge on any atom is -0.454 e. The van der Waals surface area contributed by atoms with Crippen LogP contribution in [0.4, 0.5) is 0 Å². The average Bonchev–Trinajstić information content (AvgIpc) is 2.47. The molecule has 0 saturated carbocycles. The van der Waals surface area contributed by atoms with Gasteiger partial charge < -0.3 is 4.74 Å². The first kappa shape index (κ1) is 13.1. The predicted molar refractivity (Wildman–Crippen MR) is 80.2 cm³/mol. The number of nitrogens with zero attached hydrogens (tertiary/aromatic N) is 3. The van der Waals surface area contributed by atoms with Gasteiger partial charge in [0.05, 0.1) is 5.69 Å². The van der Waals surface area contributed by atoms with E-state index >= 15 is 0 Å². The predicted octanol–water partition coefficient (Wildman–Crippen LogP) is 3.91. The molecule has 0 atom stereocenters. The summed E-state index contributed by atoms with van der Waals surface area (Å²) >= 11 is 0. The molecule has 0 radical (unpaired) electrons. The highest BCUT2D eigenvalue weighted by Gasteiger charge is 2.12. The van der Waals surface area contributed by atoms with E-state index in [4.69, 9.17) is 4.74 Å². The van der Waals surface area contributed by atoms with Crippen LogP contribution in [0.3, 0.4) is 0 Å². The van der Waals surface area contributed by atoms with Crippen LogP contribution in [0, 0.1) is 25.2 Å². The fourth-order valence-corrected chi connectivity index (χ4v) is 2.29. The summed E-state index contributed by atoms with van der Waals surface area (Å²) in [6.45, 7) is 3.68. The third-order valence-electron chi connectivity index (χ3n) is 3.22. The number of hydrogen-bond donors (Lipinski definition) is 0. The first-order chi connectivity index (χ1) is 10.2. The number of fused-ring (bicyclic) bond motifs is 1.